The Kier molecular flexibility index (Phi) is 4.85. The van der Waals surface area contributed by atoms with E-state index in [1.54, 1.807) is 17.3 Å². The standard InChI is InChI=1S/C20H21N3O/c1-3-4-12-23(2)20(24)17-13-19(15-8-7-11-21-14-15)22-18-10-6-5-9-16(17)18/h5-11,13-14H,3-4,12H2,1-2H3. The maximum Gasteiger partial charge on any atom is 0.254 e. The Labute approximate surface area is 142 Å². The van der Waals surface area contributed by atoms with Crippen LogP contribution in [0.4, 0.5) is 0 Å². The van der Waals surface area contributed by atoms with E-state index in [2.05, 4.69) is 11.9 Å². The van der Waals surface area contributed by atoms with Gasteiger partial charge in [0.25, 0.3) is 5.91 Å². The van der Waals surface area contributed by atoms with Crippen LogP contribution < -0.4 is 0 Å². The number of rotatable bonds is 5. The molecule has 0 saturated carbocycles. The largest absolute Gasteiger partial charge is 0.342 e. The molecule has 0 spiro atoms. The molecule has 2 aromatic heterocycles. The summed E-state index contributed by atoms with van der Waals surface area (Å²) >= 11 is 0. The number of aromatic nitrogens is 2. The van der Waals surface area contributed by atoms with Crippen LogP contribution in [-0.4, -0.2) is 34.4 Å². The molecular weight excluding hydrogens is 298 g/mol. The summed E-state index contributed by atoms with van der Waals surface area (Å²) in [5.74, 6) is 0.0344. The molecule has 4 heteroatoms. The number of carbonyl (C=O) groups is 1. The van der Waals surface area contributed by atoms with E-state index >= 15 is 0 Å². The molecule has 122 valence electrons. The van der Waals surface area contributed by atoms with Crippen molar-refractivity contribution in [2.45, 2.75) is 19.8 Å². The summed E-state index contributed by atoms with van der Waals surface area (Å²) in [4.78, 5) is 23.6. The molecule has 0 fully saturated rings. The third-order valence-electron chi connectivity index (χ3n) is 4.10. The highest BCUT2D eigenvalue weighted by atomic mass is 16.2. The normalized spacial score (nSPS) is 10.8. The summed E-state index contributed by atoms with van der Waals surface area (Å²) in [6, 6.07) is 13.5. The smallest absolute Gasteiger partial charge is 0.254 e. The lowest BCUT2D eigenvalue weighted by Crippen LogP contribution is -2.28. The summed E-state index contributed by atoms with van der Waals surface area (Å²) in [5, 5.41) is 0.887. The Hall–Kier alpha value is -2.75. The first kappa shape index (κ1) is 16.1. The highest BCUT2D eigenvalue weighted by Crippen LogP contribution is 2.25. The average molecular weight is 319 g/mol. The summed E-state index contributed by atoms with van der Waals surface area (Å²) in [5.41, 5.74) is 3.20. The predicted molar refractivity (Wildman–Crippen MR) is 96.8 cm³/mol. The fourth-order valence-electron chi connectivity index (χ4n) is 2.72. The van der Waals surface area contributed by atoms with E-state index in [4.69, 9.17) is 4.98 Å². The number of unbranched alkanes of at least 4 members (excludes halogenated alkanes) is 1. The van der Waals surface area contributed by atoms with Crippen LogP contribution >= 0.6 is 0 Å². The van der Waals surface area contributed by atoms with Gasteiger partial charge in [-0.25, -0.2) is 4.98 Å². The van der Waals surface area contributed by atoms with Gasteiger partial charge in [-0.3, -0.25) is 9.78 Å². The molecule has 2 heterocycles. The number of hydrogen-bond acceptors (Lipinski definition) is 3. The summed E-state index contributed by atoms with van der Waals surface area (Å²) < 4.78 is 0. The Balaban J connectivity index is 2.10. The summed E-state index contributed by atoms with van der Waals surface area (Å²) in [6.45, 7) is 2.88. The van der Waals surface area contributed by atoms with E-state index < -0.39 is 0 Å². The lowest BCUT2D eigenvalue weighted by molar-refractivity contribution is 0.0795. The van der Waals surface area contributed by atoms with Crippen LogP contribution in [0.15, 0.2) is 54.9 Å². The maximum atomic E-state index is 12.9. The minimum Gasteiger partial charge on any atom is -0.342 e. The molecule has 0 unspecified atom stereocenters. The van der Waals surface area contributed by atoms with Crippen molar-refractivity contribution in [3.05, 3.63) is 60.4 Å². The van der Waals surface area contributed by atoms with Gasteiger partial charge in [0, 0.05) is 36.9 Å². The molecule has 0 bridgehead atoms. The molecule has 0 aliphatic heterocycles. The highest BCUT2D eigenvalue weighted by Gasteiger charge is 2.17. The molecule has 3 rings (SSSR count). The third-order valence-corrected chi connectivity index (χ3v) is 4.10. The van der Waals surface area contributed by atoms with Crippen molar-refractivity contribution in [3.8, 4) is 11.3 Å². The number of para-hydroxylation sites is 1. The van der Waals surface area contributed by atoms with E-state index in [9.17, 15) is 4.79 Å². The molecular formula is C20H21N3O. The number of carbonyl (C=O) groups excluding carboxylic acids is 1. The number of hydrogen-bond donors (Lipinski definition) is 0. The number of benzene rings is 1. The van der Waals surface area contributed by atoms with Crippen molar-refractivity contribution >= 4 is 16.8 Å². The SMILES string of the molecule is CCCCN(C)C(=O)c1cc(-c2cccnc2)nc2ccccc12. The van der Waals surface area contributed by atoms with Gasteiger partial charge in [-0.2, -0.15) is 0 Å². The zero-order valence-corrected chi connectivity index (χ0v) is 14.1. The van der Waals surface area contributed by atoms with Crippen LogP contribution in [0.1, 0.15) is 30.1 Å². The molecule has 24 heavy (non-hydrogen) atoms. The van der Waals surface area contributed by atoms with Gasteiger partial charge < -0.3 is 4.90 Å². The fourth-order valence-corrected chi connectivity index (χ4v) is 2.72. The van der Waals surface area contributed by atoms with Crippen molar-refractivity contribution in [2.75, 3.05) is 13.6 Å². The molecule has 0 radical (unpaired) electrons. The first-order valence-corrected chi connectivity index (χ1v) is 8.26. The summed E-state index contributed by atoms with van der Waals surface area (Å²) in [6.07, 6.45) is 5.57. The minimum atomic E-state index is 0.0344. The highest BCUT2D eigenvalue weighted by molar-refractivity contribution is 6.07. The summed E-state index contributed by atoms with van der Waals surface area (Å²) in [7, 11) is 1.86. The zero-order chi connectivity index (χ0) is 16.9. The molecule has 3 aromatic rings. The van der Waals surface area contributed by atoms with E-state index in [1.165, 1.54) is 0 Å². The average Bonchev–Trinajstić information content (AvgIpc) is 2.65. The van der Waals surface area contributed by atoms with Crippen LogP contribution in [0.3, 0.4) is 0 Å². The van der Waals surface area contributed by atoms with Crippen molar-refractivity contribution < 1.29 is 4.79 Å². The van der Waals surface area contributed by atoms with Gasteiger partial charge in [0.15, 0.2) is 0 Å². The molecule has 1 amide bonds. The fraction of sp³-hybridized carbons (Fsp3) is 0.250. The van der Waals surface area contributed by atoms with Gasteiger partial charge in [0.05, 0.1) is 16.8 Å². The zero-order valence-electron chi connectivity index (χ0n) is 14.1. The van der Waals surface area contributed by atoms with Gasteiger partial charge in [0.2, 0.25) is 0 Å². The van der Waals surface area contributed by atoms with E-state index in [1.807, 2.05) is 49.5 Å². The first-order chi connectivity index (χ1) is 11.7. The Morgan fingerprint density at radius 3 is 2.75 bits per heavy atom. The van der Waals surface area contributed by atoms with Crippen molar-refractivity contribution in [2.24, 2.45) is 0 Å². The number of amides is 1. The topological polar surface area (TPSA) is 46.1 Å². The van der Waals surface area contributed by atoms with Crippen LogP contribution in [0.5, 0.6) is 0 Å². The maximum absolute atomic E-state index is 12.9. The first-order valence-electron chi connectivity index (χ1n) is 8.26. The lowest BCUT2D eigenvalue weighted by Gasteiger charge is -2.18. The second kappa shape index (κ2) is 7.21. The second-order valence-electron chi connectivity index (χ2n) is 5.89. The number of fused-ring (bicyclic) bond motifs is 1. The molecule has 0 N–H and O–H groups in total. The van der Waals surface area contributed by atoms with Crippen molar-refractivity contribution in [3.63, 3.8) is 0 Å². The molecule has 4 nitrogen and oxygen atoms in total. The van der Waals surface area contributed by atoms with Crippen LogP contribution in [0.2, 0.25) is 0 Å². The van der Waals surface area contributed by atoms with Crippen molar-refractivity contribution in [1.82, 2.24) is 14.9 Å². The van der Waals surface area contributed by atoms with Gasteiger partial charge in [-0.15, -0.1) is 0 Å². The number of pyridine rings is 2. The Bertz CT molecular complexity index is 846. The third kappa shape index (κ3) is 3.27. The van der Waals surface area contributed by atoms with Gasteiger partial charge in [-0.05, 0) is 30.7 Å². The van der Waals surface area contributed by atoms with Crippen LogP contribution in [-0.2, 0) is 0 Å². The Morgan fingerprint density at radius 1 is 1.17 bits per heavy atom. The van der Waals surface area contributed by atoms with Crippen LogP contribution in [0, 0.1) is 0 Å². The van der Waals surface area contributed by atoms with Crippen LogP contribution in [0.25, 0.3) is 22.2 Å². The van der Waals surface area contributed by atoms with Gasteiger partial charge in [-0.1, -0.05) is 31.5 Å². The predicted octanol–water partition coefficient (Wildman–Crippen LogP) is 4.17. The van der Waals surface area contributed by atoms with Gasteiger partial charge in [0.1, 0.15) is 0 Å². The van der Waals surface area contributed by atoms with E-state index in [0.717, 1.165) is 41.5 Å². The molecule has 0 aliphatic rings. The molecule has 0 aliphatic carbocycles. The molecule has 0 saturated heterocycles. The number of nitrogens with zero attached hydrogens (tertiary/aromatic N) is 3. The minimum absolute atomic E-state index is 0.0344. The molecule has 0 atom stereocenters. The second-order valence-corrected chi connectivity index (χ2v) is 5.89. The van der Waals surface area contributed by atoms with E-state index in [-0.39, 0.29) is 5.91 Å². The van der Waals surface area contributed by atoms with Crippen molar-refractivity contribution in [1.29, 1.82) is 0 Å². The Morgan fingerprint density at radius 2 is 2.00 bits per heavy atom. The molecule has 1 aromatic carbocycles. The monoisotopic (exact) mass is 319 g/mol. The van der Waals surface area contributed by atoms with Gasteiger partial charge >= 0.3 is 0 Å². The van der Waals surface area contributed by atoms with E-state index in [0.29, 0.717) is 5.56 Å². The quantitative estimate of drug-likeness (QED) is 0.709. The lowest BCUT2D eigenvalue weighted by atomic mass is 10.0.